The third-order valence-corrected chi connectivity index (χ3v) is 4.16. The molecule has 0 aliphatic carbocycles. The van der Waals surface area contributed by atoms with Gasteiger partial charge in [-0.25, -0.2) is 0 Å². The molecule has 0 fully saturated rings. The molecule has 23 heavy (non-hydrogen) atoms. The molecule has 1 aromatic heterocycles. The first-order valence-corrected chi connectivity index (χ1v) is 8.17. The standard InChI is InChI=1S/C19H27N3O/c1-5-7-15-9-11-16(12-10-15)19(23)20-14-18(21(2)3)17-8-6-13-22(17)4/h6,8-13,18H,5,7,14H2,1-4H3,(H,20,23). The van der Waals surface area contributed by atoms with E-state index < -0.39 is 0 Å². The third-order valence-electron chi connectivity index (χ3n) is 4.16. The lowest BCUT2D eigenvalue weighted by atomic mass is 10.1. The first-order valence-electron chi connectivity index (χ1n) is 8.17. The molecule has 2 rings (SSSR count). The van der Waals surface area contributed by atoms with Crippen LogP contribution in [0.4, 0.5) is 0 Å². The van der Waals surface area contributed by atoms with Crippen molar-refractivity contribution in [3.05, 3.63) is 59.4 Å². The Balaban J connectivity index is 2.00. The molecule has 124 valence electrons. The van der Waals surface area contributed by atoms with Crippen LogP contribution in [-0.2, 0) is 13.5 Å². The van der Waals surface area contributed by atoms with Crippen LogP contribution in [0.3, 0.4) is 0 Å². The van der Waals surface area contributed by atoms with Crippen molar-refractivity contribution in [2.24, 2.45) is 7.05 Å². The Hall–Kier alpha value is -2.07. The van der Waals surface area contributed by atoms with Crippen LogP contribution in [0.2, 0.25) is 0 Å². The van der Waals surface area contributed by atoms with Crippen molar-refractivity contribution in [2.45, 2.75) is 25.8 Å². The van der Waals surface area contributed by atoms with E-state index in [2.05, 4.69) is 27.8 Å². The van der Waals surface area contributed by atoms with Crippen LogP contribution in [0, 0.1) is 0 Å². The number of aromatic nitrogens is 1. The summed E-state index contributed by atoms with van der Waals surface area (Å²) in [6, 6.07) is 12.2. The SMILES string of the molecule is CCCc1ccc(C(=O)NCC(c2cccn2C)N(C)C)cc1. The van der Waals surface area contributed by atoms with E-state index in [-0.39, 0.29) is 11.9 Å². The third kappa shape index (κ3) is 4.45. The highest BCUT2D eigenvalue weighted by Crippen LogP contribution is 2.17. The number of carbonyl (C=O) groups excluding carboxylic acids is 1. The number of carbonyl (C=O) groups is 1. The van der Waals surface area contributed by atoms with Crippen molar-refractivity contribution in [2.75, 3.05) is 20.6 Å². The highest BCUT2D eigenvalue weighted by molar-refractivity contribution is 5.94. The molecule has 0 bridgehead atoms. The predicted molar refractivity (Wildman–Crippen MR) is 94.6 cm³/mol. The summed E-state index contributed by atoms with van der Waals surface area (Å²) in [4.78, 5) is 14.5. The van der Waals surface area contributed by atoms with Gasteiger partial charge < -0.3 is 9.88 Å². The van der Waals surface area contributed by atoms with Crippen LogP contribution in [-0.4, -0.2) is 36.0 Å². The molecule has 1 unspecified atom stereocenters. The number of hydrogen-bond acceptors (Lipinski definition) is 2. The van der Waals surface area contributed by atoms with Gasteiger partial charge in [0.2, 0.25) is 0 Å². The van der Waals surface area contributed by atoms with E-state index in [4.69, 9.17) is 0 Å². The Kier molecular flexibility index (Phi) is 5.99. The average Bonchev–Trinajstić information content (AvgIpc) is 2.94. The van der Waals surface area contributed by atoms with Crippen molar-refractivity contribution in [3.63, 3.8) is 0 Å². The molecule has 1 heterocycles. The van der Waals surface area contributed by atoms with Crippen molar-refractivity contribution in [3.8, 4) is 0 Å². The highest BCUT2D eigenvalue weighted by Gasteiger charge is 2.18. The summed E-state index contributed by atoms with van der Waals surface area (Å²) in [6.07, 6.45) is 4.20. The van der Waals surface area contributed by atoms with Gasteiger partial charge in [-0.1, -0.05) is 25.5 Å². The Bertz CT molecular complexity index is 628. The molecule has 0 aliphatic heterocycles. The fourth-order valence-electron chi connectivity index (χ4n) is 2.78. The average molecular weight is 313 g/mol. The molecule has 1 amide bonds. The Morgan fingerprint density at radius 3 is 2.43 bits per heavy atom. The van der Waals surface area contributed by atoms with E-state index in [0.29, 0.717) is 12.1 Å². The number of likely N-dealkylation sites (N-methyl/N-ethyl adjacent to an activating group) is 1. The molecule has 1 atom stereocenters. The number of benzene rings is 1. The lowest BCUT2D eigenvalue weighted by Gasteiger charge is -2.25. The Morgan fingerprint density at radius 1 is 1.22 bits per heavy atom. The fraction of sp³-hybridized carbons (Fsp3) is 0.421. The van der Waals surface area contributed by atoms with E-state index >= 15 is 0 Å². The van der Waals surface area contributed by atoms with Gasteiger partial charge in [0.05, 0.1) is 6.04 Å². The number of hydrogen-bond donors (Lipinski definition) is 1. The molecule has 0 saturated carbocycles. The number of nitrogens with zero attached hydrogens (tertiary/aromatic N) is 2. The maximum Gasteiger partial charge on any atom is 0.251 e. The normalized spacial score (nSPS) is 12.4. The summed E-state index contributed by atoms with van der Waals surface area (Å²) in [5, 5.41) is 3.05. The first-order chi connectivity index (χ1) is 11.0. The molecule has 0 radical (unpaired) electrons. The minimum atomic E-state index is -0.0193. The topological polar surface area (TPSA) is 37.3 Å². The van der Waals surface area contributed by atoms with Gasteiger partial charge in [0.15, 0.2) is 0 Å². The second-order valence-corrected chi connectivity index (χ2v) is 6.18. The molecule has 4 nitrogen and oxygen atoms in total. The molecular formula is C19H27N3O. The molecular weight excluding hydrogens is 286 g/mol. The van der Waals surface area contributed by atoms with E-state index in [1.165, 1.54) is 11.3 Å². The molecule has 1 N–H and O–H groups in total. The van der Waals surface area contributed by atoms with Crippen LogP contribution in [0.15, 0.2) is 42.6 Å². The van der Waals surface area contributed by atoms with Crippen LogP contribution >= 0.6 is 0 Å². The summed E-state index contributed by atoms with van der Waals surface area (Å²) in [5.74, 6) is -0.0193. The van der Waals surface area contributed by atoms with Crippen LogP contribution in [0.5, 0.6) is 0 Å². The monoisotopic (exact) mass is 313 g/mol. The van der Waals surface area contributed by atoms with Gasteiger partial charge >= 0.3 is 0 Å². The molecule has 0 saturated heterocycles. The number of aryl methyl sites for hydroxylation is 2. The lowest BCUT2D eigenvalue weighted by molar-refractivity contribution is 0.0941. The van der Waals surface area contributed by atoms with Gasteiger partial charge in [-0.05, 0) is 50.3 Å². The van der Waals surface area contributed by atoms with Crippen molar-refractivity contribution >= 4 is 5.91 Å². The first kappa shape index (κ1) is 17.3. The molecule has 1 aromatic carbocycles. The minimum Gasteiger partial charge on any atom is -0.353 e. The maximum absolute atomic E-state index is 12.4. The summed E-state index contributed by atoms with van der Waals surface area (Å²) in [7, 11) is 6.09. The Labute approximate surface area is 139 Å². The molecule has 0 aliphatic rings. The van der Waals surface area contributed by atoms with E-state index in [1.54, 1.807) is 0 Å². The Morgan fingerprint density at radius 2 is 1.91 bits per heavy atom. The summed E-state index contributed by atoms with van der Waals surface area (Å²) in [5.41, 5.74) is 3.18. The van der Waals surface area contributed by atoms with Crippen molar-refractivity contribution < 1.29 is 4.79 Å². The summed E-state index contributed by atoms with van der Waals surface area (Å²) in [6.45, 7) is 2.74. The summed E-state index contributed by atoms with van der Waals surface area (Å²) >= 11 is 0. The quantitative estimate of drug-likeness (QED) is 0.853. The number of amides is 1. The summed E-state index contributed by atoms with van der Waals surface area (Å²) < 4.78 is 2.09. The highest BCUT2D eigenvalue weighted by atomic mass is 16.1. The zero-order chi connectivity index (χ0) is 16.8. The number of nitrogens with one attached hydrogen (secondary N) is 1. The van der Waals surface area contributed by atoms with E-state index in [1.807, 2.05) is 57.7 Å². The fourth-order valence-corrected chi connectivity index (χ4v) is 2.78. The smallest absolute Gasteiger partial charge is 0.251 e. The number of rotatable bonds is 7. The lowest BCUT2D eigenvalue weighted by Crippen LogP contribution is -2.35. The van der Waals surface area contributed by atoms with E-state index in [9.17, 15) is 4.79 Å². The van der Waals surface area contributed by atoms with Crippen molar-refractivity contribution in [1.29, 1.82) is 0 Å². The predicted octanol–water partition coefficient (Wildman–Crippen LogP) is 3.01. The molecule has 0 spiro atoms. The zero-order valence-electron chi connectivity index (χ0n) is 14.5. The van der Waals surface area contributed by atoms with E-state index in [0.717, 1.165) is 12.8 Å². The van der Waals surface area contributed by atoms with Gasteiger partial charge in [0.25, 0.3) is 5.91 Å². The van der Waals surface area contributed by atoms with Crippen LogP contribution in [0.25, 0.3) is 0 Å². The van der Waals surface area contributed by atoms with Crippen LogP contribution in [0.1, 0.15) is 41.0 Å². The van der Waals surface area contributed by atoms with Gasteiger partial charge in [-0.15, -0.1) is 0 Å². The van der Waals surface area contributed by atoms with Gasteiger partial charge in [0.1, 0.15) is 0 Å². The molecule has 4 heteroatoms. The van der Waals surface area contributed by atoms with Gasteiger partial charge in [-0.2, -0.15) is 0 Å². The van der Waals surface area contributed by atoms with Crippen LogP contribution < -0.4 is 5.32 Å². The second-order valence-electron chi connectivity index (χ2n) is 6.18. The second kappa shape index (κ2) is 7.97. The minimum absolute atomic E-state index is 0.0193. The molecule has 2 aromatic rings. The largest absolute Gasteiger partial charge is 0.353 e. The van der Waals surface area contributed by atoms with Gasteiger partial charge in [-0.3, -0.25) is 9.69 Å². The maximum atomic E-state index is 12.4. The van der Waals surface area contributed by atoms with Crippen molar-refractivity contribution in [1.82, 2.24) is 14.8 Å². The zero-order valence-corrected chi connectivity index (χ0v) is 14.5. The van der Waals surface area contributed by atoms with Gasteiger partial charge in [0, 0.05) is 31.0 Å².